The van der Waals surface area contributed by atoms with Gasteiger partial charge in [0.05, 0.1) is 10.9 Å². The van der Waals surface area contributed by atoms with Gasteiger partial charge >= 0.3 is 0 Å². The van der Waals surface area contributed by atoms with Gasteiger partial charge in [0.15, 0.2) is 11.2 Å². The van der Waals surface area contributed by atoms with Crippen molar-refractivity contribution in [3.05, 3.63) is 79.4 Å². The van der Waals surface area contributed by atoms with Gasteiger partial charge in [-0.15, -0.1) is 0 Å². The van der Waals surface area contributed by atoms with Crippen molar-refractivity contribution in [3.8, 4) is 0 Å². The molecule has 3 aromatic carbocycles. The molecule has 0 bridgehead atoms. The molecule has 0 N–H and O–H groups in total. The molecule has 5 heteroatoms. The number of furan rings is 2. The first-order valence-corrected chi connectivity index (χ1v) is 10.2. The Morgan fingerprint density at radius 1 is 0.645 bits per heavy atom. The van der Waals surface area contributed by atoms with E-state index in [1.807, 2.05) is 43.0 Å². The highest BCUT2D eigenvalue weighted by molar-refractivity contribution is 6.27. The van der Waals surface area contributed by atoms with Crippen LogP contribution in [0.3, 0.4) is 0 Å². The summed E-state index contributed by atoms with van der Waals surface area (Å²) in [5, 5.41) is 7.57. The third kappa shape index (κ3) is 1.78. The number of para-hydroxylation sites is 1. The van der Waals surface area contributed by atoms with Gasteiger partial charge in [0.1, 0.15) is 16.8 Å². The van der Waals surface area contributed by atoms with Gasteiger partial charge in [-0.25, -0.2) is 4.98 Å². The molecule has 0 fully saturated rings. The second kappa shape index (κ2) is 5.21. The van der Waals surface area contributed by atoms with Gasteiger partial charge in [-0.1, -0.05) is 18.2 Å². The molecule has 0 unspecified atom stereocenters. The number of aromatic nitrogens is 3. The molecule has 5 nitrogen and oxygen atoms in total. The molecule has 8 aromatic rings. The van der Waals surface area contributed by atoms with Crippen LogP contribution in [0.15, 0.2) is 88.2 Å². The van der Waals surface area contributed by atoms with Crippen LogP contribution < -0.4 is 0 Å². The fourth-order valence-corrected chi connectivity index (χ4v) is 5.05. The Kier molecular flexibility index (Phi) is 2.60. The molecular formula is C26H13N3O2. The Morgan fingerprint density at radius 3 is 2.48 bits per heavy atom. The van der Waals surface area contributed by atoms with Crippen LogP contribution >= 0.6 is 0 Å². The van der Waals surface area contributed by atoms with E-state index in [1.165, 1.54) is 0 Å². The largest absolute Gasteiger partial charge is 0.452 e. The molecule has 0 aliphatic heterocycles. The predicted octanol–water partition coefficient (Wildman–Crippen LogP) is 6.83. The molecule has 5 aromatic heterocycles. The lowest BCUT2D eigenvalue weighted by molar-refractivity contribution is 0.633. The number of pyridine rings is 2. The van der Waals surface area contributed by atoms with Crippen LogP contribution in [-0.2, 0) is 0 Å². The van der Waals surface area contributed by atoms with Crippen molar-refractivity contribution >= 4 is 71.2 Å². The maximum atomic E-state index is 6.40. The Morgan fingerprint density at radius 2 is 1.48 bits per heavy atom. The van der Waals surface area contributed by atoms with Crippen LogP contribution in [0.4, 0.5) is 0 Å². The molecule has 0 aliphatic carbocycles. The number of imidazole rings is 1. The van der Waals surface area contributed by atoms with Crippen molar-refractivity contribution in [1.29, 1.82) is 0 Å². The SMILES string of the molecule is c1ccc2c(c1)oc1c2ccc2c1oc1ccc3c4ccncc4c4nccn4c3c12. The zero-order valence-corrected chi connectivity index (χ0v) is 16.2. The van der Waals surface area contributed by atoms with E-state index < -0.39 is 0 Å². The van der Waals surface area contributed by atoms with Gasteiger partial charge in [-0.3, -0.25) is 9.38 Å². The monoisotopic (exact) mass is 399 g/mol. The van der Waals surface area contributed by atoms with E-state index >= 15 is 0 Å². The van der Waals surface area contributed by atoms with Crippen LogP contribution in [0.5, 0.6) is 0 Å². The smallest absolute Gasteiger partial charge is 0.178 e. The van der Waals surface area contributed by atoms with E-state index in [4.69, 9.17) is 8.83 Å². The van der Waals surface area contributed by atoms with E-state index in [2.05, 4.69) is 50.8 Å². The summed E-state index contributed by atoms with van der Waals surface area (Å²) < 4.78 is 14.8. The summed E-state index contributed by atoms with van der Waals surface area (Å²) in [6.45, 7) is 0. The number of fused-ring (bicyclic) bond motifs is 14. The second-order valence-electron chi connectivity index (χ2n) is 7.90. The Balaban J connectivity index is 1.67. The molecule has 0 saturated heterocycles. The zero-order chi connectivity index (χ0) is 20.1. The highest BCUT2D eigenvalue weighted by Crippen LogP contribution is 2.42. The fourth-order valence-electron chi connectivity index (χ4n) is 5.05. The van der Waals surface area contributed by atoms with Crippen LogP contribution in [0.1, 0.15) is 0 Å². The van der Waals surface area contributed by atoms with Crippen molar-refractivity contribution in [1.82, 2.24) is 14.4 Å². The molecule has 5 heterocycles. The fraction of sp³-hybridized carbons (Fsp3) is 0. The van der Waals surface area contributed by atoms with Gasteiger partial charge in [-0.05, 0) is 41.8 Å². The first-order valence-electron chi connectivity index (χ1n) is 10.2. The Hall–Kier alpha value is -4.38. The van der Waals surface area contributed by atoms with Gasteiger partial charge < -0.3 is 8.83 Å². The quantitative estimate of drug-likeness (QED) is 0.262. The Labute approximate surface area is 174 Å². The van der Waals surface area contributed by atoms with Crippen LogP contribution in [-0.4, -0.2) is 14.4 Å². The molecule has 0 atom stereocenters. The summed E-state index contributed by atoms with van der Waals surface area (Å²) in [6, 6.07) is 18.6. The van der Waals surface area contributed by atoms with Crippen LogP contribution in [0, 0.1) is 0 Å². The minimum Gasteiger partial charge on any atom is -0.452 e. The summed E-state index contributed by atoms with van der Waals surface area (Å²) >= 11 is 0. The number of rotatable bonds is 0. The van der Waals surface area contributed by atoms with Gasteiger partial charge in [-0.2, -0.15) is 0 Å². The molecule has 31 heavy (non-hydrogen) atoms. The number of nitrogens with zero attached hydrogens (tertiary/aromatic N) is 3. The summed E-state index contributed by atoms with van der Waals surface area (Å²) in [5.74, 6) is 0. The molecule has 0 aliphatic rings. The second-order valence-corrected chi connectivity index (χ2v) is 7.90. The molecule has 0 radical (unpaired) electrons. The standard InChI is InChI=1S/C26H13N3O2/c1-2-4-20-15(3-1)17-5-6-18-22-21(31-25(18)24(17)30-20)8-7-16-14-9-10-27-13-19(14)26-28-11-12-29(26)23(16)22/h1-13H. The summed E-state index contributed by atoms with van der Waals surface area (Å²) in [7, 11) is 0. The van der Waals surface area contributed by atoms with Gasteiger partial charge in [0.25, 0.3) is 0 Å². The molecular weight excluding hydrogens is 386 g/mol. The predicted molar refractivity (Wildman–Crippen MR) is 123 cm³/mol. The maximum Gasteiger partial charge on any atom is 0.178 e. The first-order chi connectivity index (χ1) is 15.4. The Bertz CT molecular complexity index is 2010. The number of benzene rings is 3. The van der Waals surface area contributed by atoms with Crippen molar-refractivity contribution < 1.29 is 8.83 Å². The van der Waals surface area contributed by atoms with Gasteiger partial charge in [0, 0.05) is 51.7 Å². The molecule has 0 amide bonds. The van der Waals surface area contributed by atoms with Crippen molar-refractivity contribution in [2.45, 2.75) is 0 Å². The van der Waals surface area contributed by atoms with E-state index in [-0.39, 0.29) is 0 Å². The highest BCUT2D eigenvalue weighted by Gasteiger charge is 2.20. The van der Waals surface area contributed by atoms with Crippen LogP contribution in [0.2, 0.25) is 0 Å². The van der Waals surface area contributed by atoms with E-state index in [1.54, 1.807) is 0 Å². The normalized spacial score (nSPS) is 12.5. The van der Waals surface area contributed by atoms with Crippen molar-refractivity contribution in [2.24, 2.45) is 0 Å². The van der Waals surface area contributed by atoms with E-state index in [0.29, 0.717) is 0 Å². The lowest BCUT2D eigenvalue weighted by Gasteiger charge is -2.08. The number of hydrogen-bond donors (Lipinski definition) is 0. The van der Waals surface area contributed by atoms with E-state index in [0.717, 1.165) is 71.2 Å². The minimum absolute atomic E-state index is 0.777. The van der Waals surface area contributed by atoms with Gasteiger partial charge in [0.2, 0.25) is 0 Å². The topological polar surface area (TPSA) is 56.5 Å². The summed E-state index contributed by atoms with van der Waals surface area (Å²) in [6.07, 6.45) is 7.55. The number of hydrogen-bond acceptors (Lipinski definition) is 4. The van der Waals surface area contributed by atoms with Crippen molar-refractivity contribution in [2.75, 3.05) is 0 Å². The third-order valence-corrected chi connectivity index (χ3v) is 6.36. The molecule has 0 saturated carbocycles. The summed E-state index contributed by atoms with van der Waals surface area (Å²) in [4.78, 5) is 8.94. The molecule has 0 spiro atoms. The maximum absolute atomic E-state index is 6.40. The zero-order valence-electron chi connectivity index (χ0n) is 16.2. The minimum atomic E-state index is 0.777. The van der Waals surface area contributed by atoms with Crippen molar-refractivity contribution in [3.63, 3.8) is 0 Å². The highest BCUT2D eigenvalue weighted by atomic mass is 16.4. The average Bonchev–Trinajstić information content (AvgIpc) is 3.53. The van der Waals surface area contributed by atoms with E-state index in [9.17, 15) is 0 Å². The lowest BCUT2D eigenvalue weighted by atomic mass is 10.0. The third-order valence-electron chi connectivity index (χ3n) is 6.36. The first kappa shape index (κ1) is 15.5. The molecule has 8 rings (SSSR count). The lowest BCUT2D eigenvalue weighted by Crippen LogP contribution is -1.91. The van der Waals surface area contributed by atoms with Crippen LogP contribution in [0.25, 0.3) is 71.2 Å². The summed E-state index contributed by atoms with van der Waals surface area (Å²) in [5.41, 5.74) is 5.24. The average molecular weight is 399 g/mol. The molecule has 144 valence electrons.